The third-order valence-corrected chi connectivity index (χ3v) is 2.57. The van der Waals surface area contributed by atoms with E-state index in [2.05, 4.69) is 31.3 Å². The van der Waals surface area contributed by atoms with E-state index in [9.17, 15) is 0 Å². The van der Waals surface area contributed by atoms with E-state index in [0.29, 0.717) is 0 Å². The fourth-order valence-corrected chi connectivity index (χ4v) is 1.66. The van der Waals surface area contributed by atoms with Crippen LogP contribution in [0, 0.1) is 11.3 Å². The lowest BCUT2D eigenvalue weighted by Gasteiger charge is -2.31. The van der Waals surface area contributed by atoms with Crippen LogP contribution in [0.5, 0.6) is 0 Å². The fraction of sp³-hybridized carbons (Fsp3) is 0.727. The number of rotatable bonds is 2. The Bertz CT molecular complexity index is 225. The van der Waals surface area contributed by atoms with Crippen LogP contribution in [0.25, 0.3) is 0 Å². The van der Waals surface area contributed by atoms with Gasteiger partial charge in [-0.3, -0.25) is 5.32 Å². The van der Waals surface area contributed by atoms with Crippen LogP contribution in [0.15, 0.2) is 11.6 Å². The average Bonchev–Trinajstić information content (AvgIpc) is 2.16. The summed E-state index contributed by atoms with van der Waals surface area (Å²) in [7, 11) is 0. The summed E-state index contributed by atoms with van der Waals surface area (Å²) in [5, 5.41) is 12.4. The van der Waals surface area contributed by atoms with E-state index in [-0.39, 0.29) is 5.54 Å². The third-order valence-electron chi connectivity index (χ3n) is 2.57. The summed E-state index contributed by atoms with van der Waals surface area (Å²) in [4.78, 5) is 0. The van der Waals surface area contributed by atoms with E-state index in [4.69, 9.17) is 5.26 Å². The molecule has 0 bridgehead atoms. The topological polar surface area (TPSA) is 35.8 Å². The summed E-state index contributed by atoms with van der Waals surface area (Å²) < 4.78 is 0. The van der Waals surface area contributed by atoms with Gasteiger partial charge in [-0.1, -0.05) is 11.6 Å². The van der Waals surface area contributed by atoms with E-state index >= 15 is 0 Å². The van der Waals surface area contributed by atoms with E-state index in [0.717, 1.165) is 19.4 Å². The smallest absolute Gasteiger partial charge is 0.110 e. The summed E-state index contributed by atoms with van der Waals surface area (Å²) in [5.41, 5.74) is 1.03. The lowest BCUT2D eigenvalue weighted by Crippen LogP contribution is -2.46. The number of piperidine rings is 1. The first-order valence-corrected chi connectivity index (χ1v) is 4.98. The molecule has 0 aromatic rings. The van der Waals surface area contributed by atoms with Crippen molar-refractivity contribution < 1.29 is 0 Å². The highest BCUT2D eigenvalue weighted by molar-refractivity contribution is 5.13. The number of allylic oxidation sites excluding steroid dienone is 1. The summed E-state index contributed by atoms with van der Waals surface area (Å²) in [5.74, 6) is 0. The fourth-order valence-electron chi connectivity index (χ4n) is 1.66. The minimum Gasteiger partial charge on any atom is -0.299 e. The van der Waals surface area contributed by atoms with Crippen LogP contribution in [-0.4, -0.2) is 12.1 Å². The van der Waals surface area contributed by atoms with Gasteiger partial charge >= 0.3 is 0 Å². The Morgan fingerprint density at radius 3 is 2.77 bits per heavy atom. The van der Waals surface area contributed by atoms with Crippen molar-refractivity contribution in [1.82, 2.24) is 5.32 Å². The summed E-state index contributed by atoms with van der Waals surface area (Å²) in [6.45, 7) is 5.14. The maximum atomic E-state index is 9.11. The maximum absolute atomic E-state index is 9.11. The first kappa shape index (κ1) is 10.3. The van der Waals surface area contributed by atoms with Gasteiger partial charge in [0.15, 0.2) is 0 Å². The minimum atomic E-state index is -0.268. The molecule has 0 spiro atoms. The summed E-state index contributed by atoms with van der Waals surface area (Å²) in [6, 6.07) is 2.42. The van der Waals surface area contributed by atoms with Crippen LogP contribution in [0.3, 0.4) is 0 Å². The molecule has 1 unspecified atom stereocenters. The van der Waals surface area contributed by atoms with Crippen LogP contribution >= 0.6 is 0 Å². The van der Waals surface area contributed by atoms with Crippen molar-refractivity contribution >= 4 is 0 Å². The van der Waals surface area contributed by atoms with Gasteiger partial charge in [0, 0.05) is 0 Å². The molecule has 1 fully saturated rings. The molecule has 2 heteroatoms. The van der Waals surface area contributed by atoms with Crippen LogP contribution in [-0.2, 0) is 0 Å². The van der Waals surface area contributed by atoms with Gasteiger partial charge in [-0.2, -0.15) is 5.26 Å². The molecule has 1 rings (SSSR count). The number of hydrogen-bond acceptors (Lipinski definition) is 2. The second-order valence-corrected chi connectivity index (χ2v) is 4.06. The maximum Gasteiger partial charge on any atom is 0.110 e. The number of hydrogen-bond donors (Lipinski definition) is 1. The predicted molar refractivity (Wildman–Crippen MR) is 54.2 cm³/mol. The summed E-state index contributed by atoms with van der Waals surface area (Å²) >= 11 is 0. The lowest BCUT2D eigenvalue weighted by molar-refractivity contribution is 0.325. The van der Waals surface area contributed by atoms with Gasteiger partial charge in [0.1, 0.15) is 5.54 Å². The molecule has 0 radical (unpaired) electrons. The molecular weight excluding hydrogens is 160 g/mol. The largest absolute Gasteiger partial charge is 0.299 e. The SMILES string of the molecule is CC(C)=CCC1(C#N)CCCCN1. The Morgan fingerprint density at radius 1 is 1.54 bits per heavy atom. The second kappa shape index (κ2) is 4.43. The molecule has 1 saturated heterocycles. The Morgan fingerprint density at radius 2 is 2.31 bits per heavy atom. The highest BCUT2D eigenvalue weighted by Crippen LogP contribution is 2.23. The molecule has 0 aromatic heterocycles. The third kappa shape index (κ3) is 2.86. The molecule has 1 atom stereocenters. The molecular formula is C11H18N2. The van der Waals surface area contributed by atoms with E-state index in [1.807, 2.05) is 0 Å². The molecule has 1 aliphatic heterocycles. The zero-order valence-corrected chi connectivity index (χ0v) is 8.56. The Balaban J connectivity index is 2.59. The monoisotopic (exact) mass is 178 g/mol. The van der Waals surface area contributed by atoms with Crippen molar-refractivity contribution in [2.24, 2.45) is 0 Å². The van der Waals surface area contributed by atoms with Crippen molar-refractivity contribution in [2.75, 3.05) is 6.54 Å². The van der Waals surface area contributed by atoms with Crippen molar-refractivity contribution in [2.45, 2.75) is 45.1 Å². The molecule has 0 saturated carbocycles. The van der Waals surface area contributed by atoms with E-state index in [1.54, 1.807) is 0 Å². The van der Waals surface area contributed by atoms with Gasteiger partial charge in [0.25, 0.3) is 0 Å². The first-order valence-electron chi connectivity index (χ1n) is 4.98. The normalized spacial score (nSPS) is 27.8. The Labute approximate surface area is 80.6 Å². The first-order chi connectivity index (χ1) is 6.18. The van der Waals surface area contributed by atoms with E-state index in [1.165, 1.54) is 18.4 Å². The molecule has 1 heterocycles. The molecule has 0 aliphatic carbocycles. The van der Waals surface area contributed by atoms with Crippen molar-refractivity contribution in [3.8, 4) is 6.07 Å². The zero-order valence-electron chi connectivity index (χ0n) is 8.56. The molecule has 0 amide bonds. The van der Waals surface area contributed by atoms with Gasteiger partial charge in [-0.05, 0) is 46.1 Å². The molecule has 13 heavy (non-hydrogen) atoms. The Hall–Kier alpha value is -0.810. The Kier molecular flexibility index (Phi) is 3.50. The molecule has 2 nitrogen and oxygen atoms in total. The lowest BCUT2D eigenvalue weighted by atomic mass is 9.87. The molecule has 72 valence electrons. The van der Waals surface area contributed by atoms with Gasteiger partial charge in [-0.25, -0.2) is 0 Å². The van der Waals surface area contributed by atoms with Crippen molar-refractivity contribution in [3.63, 3.8) is 0 Å². The summed E-state index contributed by atoms with van der Waals surface area (Å²) in [6.07, 6.45) is 6.38. The van der Waals surface area contributed by atoms with Crippen molar-refractivity contribution in [1.29, 1.82) is 5.26 Å². The zero-order chi connectivity index (χ0) is 9.73. The second-order valence-electron chi connectivity index (χ2n) is 4.06. The average molecular weight is 178 g/mol. The standard InChI is InChI=1S/C11H18N2/c1-10(2)5-7-11(9-12)6-3-4-8-13-11/h5,13H,3-4,6-8H2,1-2H3. The number of nitriles is 1. The molecule has 1 aliphatic rings. The highest BCUT2D eigenvalue weighted by atomic mass is 15.0. The van der Waals surface area contributed by atoms with Gasteiger partial charge in [0.05, 0.1) is 6.07 Å². The molecule has 0 aromatic carbocycles. The highest BCUT2D eigenvalue weighted by Gasteiger charge is 2.29. The van der Waals surface area contributed by atoms with Crippen molar-refractivity contribution in [3.05, 3.63) is 11.6 Å². The predicted octanol–water partition coefficient (Wildman–Crippen LogP) is 2.38. The molecule has 1 N–H and O–H groups in total. The number of nitrogens with one attached hydrogen (secondary N) is 1. The number of nitrogens with zero attached hydrogens (tertiary/aromatic N) is 1. The van der Waals surface area contributed by atoms with Crippen LogP contribution in [0.4, 0.5) is 0 Å². The van der Waals surface area contributed by atoms with E-state index < -0.39 is 0 Å². The van der Waals surface area contributed by atoms with Crippen LogP contribution in [0.2, 0.25) is 0 Å². The van der Waals surface area contributed by atoms with Gasteiger partial charge in [0.2, 0.25) is 0 Å². The van der Waals surface area contributed by atoms with Crippen LogP contribution in [0.1, 0.15) is 39.5 Å². The van der Waals surface area contributed by atoms with Gasteiger partial charge < -0.3 is 0 Å². The van der Waals surface area contributed by atoms with Gasteiger partial charge in [-0.15, -0.1) is 0 Å². The quantitative estimate of drug-likeness (QED) is 0.659. The van der Waals surface area contributed by atoms with Crippen LogP contribution < -0.4 is 5.32 Å². The minimum absolute atomic E-state index is 0.268.